The third-order valence-corrected chi connectivity index (χ3v) is 7.86. The number of fused-ring (bicyclic) bond motifs is 1. The number of aliphatic hydroxyl groups is 2. The Kier molecular flexibility index (Phi) is 10.8. The van der Waals surface area contributed by atoms with Crippen molar-refractivity contribution in [1.82, 2.24) is 24.6 Å². The summed E-state index contributed by atoms with van der Waals surface area (Å²) >= 11 is 0. The van der Waals surface area contributed by atoms with E-state index in [9.17, 15) is 24.4 Å². The summed E-state index contributed by atoms with van der Waals surface area (Å²) in [4.78, 5) is 37.1. The second-order valence-corrected chi connectivity index (χ2v) is 11.8. The summed E-state index contributed by atoms with van der Waals surface area (Å²) in [5.74, 6) is -0.950. The second kappa shape index (κ2) is 13.5. The number of carbonyl (C=O) groups excluding carboxylic acids is 2. The molecule has 17 heteroatoms. The Labute approximate surface area is 237 Å². The summed E-state index contributed by atoms with van der Waals surface area (Å²) in [6.07, 6.45) is -2.41. The predicted molar refractivity (Wildman–Crippen MR) is 142 cm³/mol. The van der Waals surface area contributed by atoms with Crippen LogP contribution in [0.3, 0.4) is 0 Å². The lowest BCUT2D eigenvalue weighted by Gasteiger charge is -2.27. The number of hydrogen-bond acceptors (Lipinski definition) is 14. The Hall–Kier alpha value is -2.72. The highest BCUT2D eigenvalue weighted by atomic mass is 31.2. The van der Waals surface area contributed by atoms with E-state index in [0.29, 0.717) is 11.3 Å². The van der Waals surface area contributed by atoms with Crippen molar-refractivity contribution >= 4 is 30.8 Å². The Morgan fingerprint density at radius 2 is 1.98 bits per heavy atom. The molecule has 6 atom stereocenters. The lowest BCUT2D eigenvalue weighted by Crippen LogP contribution is -2.44. The Morgan fingerprint density at radius 3 is 2.59 bits per heavy atom. The lowest BCUT2D eigenvalue weighted by atomic mass is 9.96. The van der Waals surface area contributed by atoms with Crippen molar-refractivity contribution in [2.24, 2.45) is 5.92 Å². The number of ether oxygens (including phenoxy) is 4. The van der Waals surface area contributed by atoms with E-state index < -0.39 is 63.0 Å². The SMILES string of the molecule is CCOC(=O)COP(=O)(N[C@@H](CC(C)C)C(=O)OC)OC[C@H]1O[C@@H](n2cnc3c(OC)nc(C)nc32)[C@@](C)(O)C1O. The summed E-state index contributed by atoms with van der Waals surface area (Å²) < 4.78 is 46.9. The first-order chi connectivity index (χ1) is 19.3. The second-order valence-electron chi connectivity index (χ2n) is 10.0. The summed E-state index contributed by atoms with van der Waals surface area (Å²) in [5, 5.41) is 24.8. The summed E-state index contributed by atoms with van der Waals surface area (Å²) in [6.45, 7) is 7.04. The molecular weight excluding hydrogens is 565 g/mol. The van der Waals surface area contributed by atoms with Crippen LogP contribution < -0.4 is 9.82 Å². The highest BCUT2D eigenvalue weighted by Gasteiger charge is 2.54. The van der Waals surface area contributed by atoms with Crippen LogP contribution in [0.4, 0.5) is 0 Å². The van der Waals surface area contributed by atoms with Gasteiger partial charge in [-0.25, -0.2) is 24.4 Å². The van der Waals surface area contributed by atoms with Crippen LogP contribution in [0.2, 0.25) is 0 Å². The van der Waals surface area contributed by atoms with Gasteiger partial charge in [0.1, 0.15) is 29.7 Å². The minimum atomic E-state index is -4.41. The van der Waals surface area contributed by atoms with Gasteiger partial charge in [-0.15, -0.1) is 0 Å². The first kappa shape index (κ1) is 32.8. The first-order valence-electron chi connectivity index (χ1n) is 13.0. The zero-order valence-corrected chi connectivity index (χ0v) is 25.0. The molecule has 0 radical (unpaired) electrons. The van der Waals surface area contributed by atoms with Crippen LogP contribution >= 0.6 is 7.75 Å². The van der Waals surface area contributed by atoms with E-state index in [-0.39, 0.29) is 30.5 Å². The number of methoxy groups -OCH3 is 2. The molecule has 1 fully saturated rings. The van der Waals surface area contributed by atoms with Gasteiger partial charge >= 0.3 is 19.7 Å². The van der Waals surface area contributed by atoms with Crippen molar-refractivity contribution < 1.29 is 52.4 Å². The number of esters is 2. The molecule has 1 aliphatic heterocycles. The molecule has 0 aliphatic carbocycles. The number of imidazole rings is 1. The number of nitrogens with zero attached hydrogens (tertiary/aromatic N) is 4. The Bertz CT molecular complexity index is 1270. The van der Waals surface area contributed by atoms with Crippen LogP contribution in [-0.4, -0.2) is 99.6 Å². The monoisotopic (exact) mass is 603 g/mol. The van der Waals surface area contributed by atoms with Crippen molar-refractivity contribution in [1.29, 1.82) is 0 Å². The molecule has 2 unspecified atom stereocenters. The van der Waals surface area contributed by atoms with Gasteiger partial charge in [0.15, 0.2) is 24.0 Å². The van der Waals surface area contributed by atoms with E-state index in [1.165, 1.54) is 32.0 Å². The van der Waals surface area contributed by atoms with Gasteiger partial charge in [-0.2, -0.15) is 4.98 Å². The van der Waals surface area contributed by atoms with Gasteiger partial charge < -0.3 is 29.2 Å². The van der Waals surface area contributed by atoms with Gasteiger partial charge in [-0.3, -0.25) is 18.4 Å². The molecule has 2 aromatic heterocycles. The average Bonchev–Trinajstić information content (AvgIpc) is 3.42. The van der Waals surface area contributed by atoms with Crippen LogP contribution in [-0.2, 0) is 37.4 Å². The molecule has 0 saturated carbocycles. The third kappa shape index (κ3) is 7.57. The van der Waals surface area contributed by atoms with E-state index in [0.717, 1.165) is 0 Å². The molecule has 1 saturated heterocycles. The molecule has 41 heavy (non-hydrogen) atoms. The Morgan fingerprint density at radius 1 is 1.27 bits per heavy atom. The molecule has 0 spiro atoms. The van der Waals surface area contributed by atoms with Crippen molar-refractivity contribution in [3.05, 3.63) is 12.2 Å². The maximum Gasteiger partial charge on any atom is 0.406 e. The van der Waals surface area contributed by atoms with E-state index in [4.69, 9.17) is 28.0 Å². The van der Waals surface area contributed by atoms with Gasteiger partial charge in [0.2, 0.25) is 5.88 Å². The van der Waals surface area contributed by atoms with E-state index >= 15 is 0 Å². The van der Waals surface area contributed by atoms with Crippen LogP contribution in [0, 0.1) is 12.8 Å². The first-order valence-corrected chi connectivity index (χ1v) is 14.5. The van der Waals surface area contributed by atoms with E-state index in [1.54, 1.807) is 13.8 Å². The van der Waals surface area contributed by atoms with E-state index in [1.807, 2.05) is 13.8 Å². The fourth-order valence-electron chi connectivity index (χ4n) is 4.32. The molecule has 230 valence electrons. The Balaban J connectivity index is 1.85. The van der Waals surface area contributed by atoms with Crippen molar-refractivity contribution in [3.8, 4) is 5.88 Å². The standard InChI is InChI=1S/C24H38N5O11P/c1-8-37-17(30)11-39-41(34,28-15(9-13(2)3)22(32)36-7)38-10-16-19(31)24(5,33)23(40-16)29-12-25-18-20(29)26-14(4)27-21(18)35-6/h12-13,15-16,19,23,31,33H,8-11H2,1-7H3,(H,28,34)/t15-,16+,19?,23+,24-,41?/m0/s1. The fraction of sp³-hybridized carbons (Fsp3) is 0.708. The highest BCUT2D eigenvalue weighted by Crippen LogP contribution is 2.47. The zero-order chi connectivity index (χ0) is 30.5. The molecule has 3 heterocycles. The maximum absolute atomic E-state index is 13.7. The van der Waals surface area contributed by atoms with Crippen molar-refractivity contribution in [2.75, 3.05) is 34.0 Å². The molecule has 3 rings (SSSR count). The molecule has 0 bridgehead atoms. The van der Waals surface area contributed by atoms with Crippen LogP contribution in [0.5, 0.6) is 5.88 Å². The molecule has 3 N–H and O–H groups in total. The number of carbonyl (C=O) groups is 2. The minimum Gasteiger partial charge on any atom is -0.479 e. The maximum atomic E-state index is 13.7. The molecule has 0 aromatic carbocycles. The lowest BCUT2D eigenvalue weighted by molar-refractivity contribution is -0.145. The molecule has 16 nitrogen and oxygen atoms in total. The fourth-order valence-corrected chi connectivity index (χ4v) is 5.75. The molecule has 0 amide bonds. The molecular formula is C24H38N5O11P. The van der Waals surface area contributed by atoms with Crippen LogP contribution in [0.25, 0.3) is 11.2 Å². The number of nitrogens with one attached hydrogen (secondary N) is 1. The summed E-state index contributed by atoms with van der Waals surface area (Å²) in [6, 6.07) is -1.10. The normalized spacial score (nSPS) is 24.8. The van der Waals surface area contributed by atoms with E-state index in [2.05, 4.69) is 20.0 Å². The van der Waals surface area contributed by atoms with Crippen LogP contribution in [0.15, 0.2) is 6.33 Å². The van der Waals surface area contributed by atoms with Gasteiger partial charge in [-0.1, -0.05) is 13.8 Å². The van der Waals surface area contributed by atoms with Crippen molar-refractivity contribution in [2.45, 2.75) is 71.1 Å². The minimum absolute atomic E-state index is 0.0166. The zero-order valence-electron chi connectivity index (χ0n) is 24.1. The highest BCUT2D eigenvalue weighted by molar-refractivity contribution is 7.51. The number of aliphatic hydroxyl groups excluding tert-OH is 1. The molecule has 2 aromatic rings. The van der Waals surface area contributed by atoms with Crippen molar-refractivity contribution in [3.63, 3.8) is 0 Å². The van der Waals surface area contributed by atoms with Gasteiger partial charge in [0, 0.05) is 0 Å². The number of rotatable bonds is 14. The van der Waals surface area contributed by atoms with Crippen LogP contribution in [0.1, 0.15) is 46.2 Å². The van der Waals surface area contributed by atoms with Gasteiger partial charge in [-0.05, 0) is 33.1 Å². The summed E-state index contributed by atoms with van der Waals surface area (Å²) in [5.41, 5.74) is -1.29. The quantitative estimate of drug-likeness (QED) is 0.204. The predicted octanol–water partition coefficient (Wildman–Crippen LogP) is 1.03. The number of aromatic nitrogens is 4. The molecule has 1 aliphatic rings. The topological polar surface area (TPSA) is 203 Å². The number of hydrogen-bond donors (Lipinski definition) is 3. The third-order valence-electron chi connectivity index (χ3n) is 6.28. The van der Waals surface area contributed by atoms with Gasteiger partial charge in [0.25, 0.3) is 0 Å². The van der Waals surface area contributed by atoms with Gasteiger partial charge in [0.05, 0.1) is 33.8 Å². The summed E-state index contributed by atoms with van der Waals surface area (Å²) in [7, 11) is -1.81. The largest absolute Gasteiger partial charge is 0.479 e. The smallest absolute Gasteiger partial charge is 0.406 e. The number of aryl methyl sites for hydroxylation is 1. The average molecular weight is 604 g/mol.